The van der Waals surface area contributed by atoms with E-state index in [4.69, 9.17) is 0 Å². The summed E-state index contributed by atoms with van der Waals surface area (Å²) in [6.07, 6.45) is 12.3. The monoisotopic (exact) mass is 269 g/mol. The van der Waals surface area contributed by atoms with E-state index in [1.54, 1.807) is 18.6 Å². The summed E-state index contributed by atoms with van der Waals surface area (Å²) in [6, 6.07) is 4.09. The number of fused-ring (bicyclic) bond motifs is 1. The van der Waals surface area contributed by atoms with Crippen LogP contribution in [0.15, 0.2) is 30.7 Å². The van der Waals surface area contributed by atoms with Gasteiger partial charge in [0.2, 0.25) is 0 Å². The van der Waals surface area contributed by atoms with Crippen LogP contribution in [0, 0.1) is 0 Å². The van der Waals surface area contributed by atoms with E-state index in [1.165, 1.54) is 25.7 Å². The second-order valence-electron chi connectivity index (χ2n) is 5.42. The van der Waals surface area contributed by atoms with Crippen molar-refractivity contribution in [3.63, 3.8) is 0 Å². The molecule has 1 aliphatic rings. The van der Waals surface area contributed by atoms with Crippen molar-refractivity contribution in [2.75, 3.05) is 0 Å². The molecule has 0 bridgehead atoms. The summed E-state index contributed by atoms with van der Waals surface area (Å²) in [5, 5.41) is 4.96. The van der Waals surface area contributed by atoms with Crippen LogP contribution >= 0.6 is 0 Å². The molecule has 1 N–H and O–H groups in total. The lowest BCUT2D eigenvalue weighted by molar-refractivity contribution is 0.0930. The third-order valence-corrected chi connectivity index (χ3v) is 3.97. The fourth-order valence-corrected chi connectivity index (χ4v) is 2.87. The van der Waals surface area contributed by atoms with Gasteiger partial charge in [0.1, 0.15) is 5.69 Å². The fourth-order valence-electron chi connectivity index (χ4n) is 2.87. The molecule has 4 nitrogen and oxygen atoms in total. The highest BCUT2D eigenvalue weighted by atomic mass is 16.1. The molecular formula is C16H19N3O. The van der Waals surface area contributed by atoms with E-state index in [9.17, 15) is 4.79 Å². The molecule has 2 heterocycles. The van der Waals surface area contributed by atoms with E-state index in [0.717, 1.165) is 23.6 Å². The first-order valence-corrected chi connectivity index (χ1v) is 7.34. The van der Waals surface area contributed by atoms with Crippen molar-refractivity contribution in [1.29, 1.82) is 0 Å². The van der Waals surface area contributed by atoms with Crippen LogP contribution in [0.4, 0.5) is 0 Å². The highest BCUT2D eigenvalue weighted by Crippen LogP contribution is 2.19. The van der Waals surface area contributed by atoms with Gasteiger partial charge in [-0.1, -0.05) is 25.7 Å². The van der Waals surface area contributed by atoms with Gasteiger partial charge in [-0.05, 0) is 30.4 Å². The van der Waals surface area contributed by atoms with Gasteiger partial charge in [-0.3, -0.25) is 14.8 Å². The van der Waals surface area contributed by atoms with E-state index in [2.05, 4.69) is 15.3 Å². The van der Waals surface area contributed by atoms with Gasteiger partial charge >= 0.3 is 0 Å². The van der Waals surface area contributed by atoms with Crippen molar-refractivity contribution in [2.45, 2.75) is 44.6 Å². The summed E-state index contributed by atoms with van der Waals surface area (Å²) in [6.45, 7) is 0. The largest absolute Gasteiger partial charge is 0.348 e. The van der Waals surface area contributed by atoms with Gasteiger partial charge in [-0.25, -0.2) is 0 Å². The van der Waals surface area contributed by atoms with Gasteiger partial charge in [0, 0.05) is 30.0 Å². The minimum atomic E-state index is -0.0736. The summed E-state index contributed by atoms with van der Waals surface area (Å²) in [4.78, 5) is 20.8. The van der Waals surface area contributed by atoms with Crippen LogP contribution in [0.1, 0.15) is 49.0 Å². The Kier molecular flexibility index (Phi) is 3.90. The Hall–Kier alpha value is -1.97. The van der Waals surface area contributed by atoms with Crippen molar-refractivity contribution in [3.05, 3.63) is 36.4 Å². The van der Waals surface area contributed by atoms with Gasteiger partial charge in [-0.15, -0.1) is 0 Å². The van der Waals surface area contributed by atoms with Crippen molar-refractivity contribution in [3.8, 4) is 0 Å². The van der Waals surface area contributed by atoms with E-state index in [-0.39, 0.29) is 5.91 Å². The van der Waals surface area contributed by atoms with Crippen LogP contribution < -0.4 is 5.32 Å². The maximum absolute atomic E-state index is 12.4. The number of carbonyl (C=O) groups is 1. The average molecular weight is 269 g/mol. The van der Waals surface area contributed by atoms with Crippen LogP contribution in [0.3, 0.4) is 0 Å². The molecule has 2 aromatic heterocycles. The van der Waals surface area contributed by atoms with Crippen LogP contribution in [-0.4, -0.2) is 21.9 Å². The summed E-state index contributed by atoms with van der Waals surface area (Å²) in [5.74, 6) is -0.0736. The average Bonchev–Trinajstić information content (AvgIpc) is 2.75. The van der Waals surface area contributed by atoms with E-state index in [0.29, 0.717) is 11.7 Å². The number of nitrogens with zero attached hydrogens (tertiary/aromatic N) is 2. The Morgan fingerprint density at radius 2 is 1.85 bits per heavy atom. The van der Waals surface area contributed by atoms with E-state index < -0.39 is 0 Å². The van der Waals surface area contributed by atoms with Gasteiger partial charge in [0.25, 0.3) is 5.91 Å². The van der Waals surface area contributed by atoms with Crippen LogP contribution in [0.5, 0.6) is 0 Å². The number of carbonyl (C=O) groups excluding carboxylic acids is 1. The van der Waals surface area contributed by atoms with Crippen molar-refractivity contribution in [2.24, 2.45) is 0 Å². The summed E-state index contributed by atoms with van der Waals surface area (Å²) >= 11 is 0. The van der Waals surface area contributed by atoms with Crippen LogP contribution in [0.2, 0.25) is 0 Å². The van der Waals surface area contributed by atoms with Crippen molar-refractivity contribution >= 4 is 16.7 Å². The second kappa shape index (κ2) is 5.99. The van der Waals surface area contributed by atoms with Gasteiger partial charge in [0.05, 0.1) is 0 Å². The minimum Gasteiger partial charge on any atom is -0.348 e. The highest BCUT2D eigenvalue weighted by molar-refractivity contribution is 6.04. The first-order valence-electron chi connectivity index (χ1n) is 7.34. The van der Waals surface area contributed by atoms with Crippen molar-refractivity contribution < 1.29 is 4.79 Å². The maximum Gasteiger partial charge on any atom is 0.270 e. The molecular weight excluding hydrogens is 250 g/mol. The molecule has 1 fully saturated rings. The molecule has 2 aromatic rings. The Morgan fingerprint density at radius 3 is 2.65 bits per heavy atom. The van der Waals surface area contributed by atoms with E-state index >= 15 is 0 Å². The molecule has 3 rings (SSSR count). The minimum absolute atomic E-state index is 0.0736. The zero-order valence-electron chi connectivity index (χ0n) is 11.5. The zero-order valence-corrected chi connectivity index (χ0v) is 11.5. The predicted octanol–water partition coefficient (Wildman–Crippen LogP) is 3.08. The van der Waals surface area contributed by atoms with Crippen LogP contribution in [0.25, 0.3) is 10.8 Å². The molecule has 104 valence electrons. The Morgan fingerprint density at radius 1 is 1.10 bits per heavy atom. The van der Waals surface area contributed by atoms with Gasteiger partial charge < -0.3 is 5.32 Å². The first-order chi connectivity index (χ1) is 9.84. The Labute approximate surface area is 118 Å². The fraction of sp³-hybridized carbons (Fsp3) is 0.438. The molecule has 0 saturated heterocycles. The third-order valence-electron chi connectivity index (χ3n) is 3.97. The van der Waals surface area contributed by atoms with E-state index in [1.807, 2.05) is 12.1 Å². The zero-order chi connectivity index (χ0) is 13.8. The second-order valence-corrected chi connectivity index (χ2v) is 5.42. The number of aromatic nitrogens is 2. The number of hydrogen-bond donors (Lipinski definition) is 1. The number of nitrogens with one attached hydrogen (secondary N) is 1. The lowest BCUT2D eigenvalue weighted by Crippen LogP contribution is -2.35. The smallest absolute Gasteiger partial charge is 0.270 e. The number of rotatable bonds is 2. The summed E-state index contributed by atoms with van der Waals surface area (Å²) in [5.41, 5.74) is 0.486. The summed E-state index contributed by atoms with van der Waals surface area (Å²) in [7, 11) is 0. The molecule has 1 amide bonds. The highest BCUT2D eigenvalue weighted by Gasteiger charge is 2.18. The molecule has 0 atom stereocenters. The predicted molar refractivity (Wildman–Crippen MR) is 78.5 cm³/mol. The number of pyridine rings is 2. The molecule has 0 aromatic carbocycles. The molecule has 20 heavy (non-hydrogen) atoms. The summed E-state index contributed by atoms with van der Waals surface area (Å²) < 4.78 is 0. The molecule has 0 spiro atoms. The number of hydrogen-bond acceptors (Lipinski definition) is 3. The molecule has 0 radical (unpaired) electrons. The van der Waals surface area contributed by atoms with Crippen LogP contribution in [-0.2, 0) is 0 Å². The topological polar surface area (TPSA) is 54.9 Å². The molecule has 4 heteroatoms. The maximum atomic E-state index is 12.4. The quantitative estimate of drug-likeness (QED) is 0.852. The Balaban J connectivity index is 1.81. The lowest BCUT2D eigenvalue weighted by atomic mass is 10.1. The molecule has 1 aliphatic carbocycles. The van der Waals surface area contributed by atoms with Gasteiger partial charge in [0.15, 0.2) is 0 Å². The SMILES string of the molecule is O=C(NC1CCCCCC1)c1nccc2ccncc12. The normalized spacial score (nSPS) is 16.8. The standard InChI is InChI=1S/C16H19N3O/c20-16(19-13-5-3-1-2-4-6-13)15-14-11-17-9-7-12(14)8-10-18-15/h7-11,13H,1-6H2,(H,19,20). The first kappa shape index (κ1) is 13.0. The van der Waals surface area contributed by atoms with Crippen molar-refractivity contribution in [1.82, 2.24) is 15.3 Å². The lowest BCUT2D eigenvalue weighted by Gasteiger charge is -2.16. The molecule has 1 saturated carbocycles. The number of amides is 1. The molecule has 0 aliphatic heterocycles. The van der Waals surface area contributed by atoms with Gasteiger partial charge in [-0.2, -0.15) is 0 Å². The molecule has 0 unspecified atom stereocenters. The Bertz CT molecular complexity index is 598. The third kappa shape index (κ3) is 2.79.